The highest BCUT2D eigenvalue weighted by Crippen LogP contribution is 2.47. The Balaban J connectivity index is 2.03. The lowest BCUT2D eigenvalue weighted by atomic mass is 9.87. The van der Waals surface area contributed by atoms with Gasteiger partial charge in [-0.05, 0) is 37.2 Å². The quantitative estimate of drug-likeness (QED) is 0.680. The normalized spacial score (nSPS) is 15.1. The van der Waals surface area contributed by atoms with Crippen molar-refractivity contribution in [2.45, 2.75) is 37.5 Å². The van der Waals surface area contributed by atoms with E-state index in [2.05, 4.69) is 13.2 Å². The number of benzene rings is 1. The Labute approximate surface area is 148 Å². The van der Waals surface area contributed by atoms with E-state index in [1.54, 1.807) is 18.2 Å². The minimum absolute atomic E-state index is 0.0289. The first kappa shape index (κ1) is 17.3. The van der Waals surface area contributed by atoms with E-state index in [1.165, 1.54) is 0 Å². The summed E-state index contributed by atoms with van der Waals surface area (Å²) in [6, 6.07) is 11.5. The SMILES string of the molecule is C=CCC(CC=C)c1cc(O)c(C(c2ccccc2)C2CC2)c(=O)o1. The highest BCUT2D eigenvalue weighted by Gasteiger charge is 2.37. The lowest BCUT2D eigenvalue weighted by Crippen LogP contribution is -2.17. The van der Waals surface area contributed by atoms with Gasteiger partial charge in [-0.1, -0.05) is 42.5 Å². The van der Waals surface area contributed by atoms with Crippen LogP contribution in [0.2, 0.25) is 0 Å². The fourth-order valence-corrected chi connectivity index (χ4v) is 3.49. The third kappa shape index (κ3) is 3.76. The third-order valence-electron chi connectivity index (χ3n) is 4.85. The summed E-state index contributed by atoms with van der Waals surface area (Å²) in [5.74, 6) is 0.778. The lowest BCUT2D eigenvalue weighted by Gasteiger charge is -2.19. The Morgan fingerprint density at radius 1 is 1.16 bits per heavy atom. The van der Waals surface area contributed by atoms with Gasteiger partial charge in [0.1, 0.15) is 11.5 Å². The predicted octanol–water partition coefficient (Wildman–Crippen LogP) is 5.12. The molecule has 0 saturated heterocycles. The third-order valence-corrected chi connectivity index (χ3v) is 4.85. The van der Waals surface area contributed by atoms with Gasteiger partial charge < -0.3 is 9.52 Å². The van der Waals surface area contributed by atoms with Gasteiger partial charge in [0.25, 0.3) is 0 Å². The minimum atomic E-state index is -0.436. The van der Waals surface area contributed by atoms with Gasteiger partial charge in [0, 0.05) is 17.9 Å². The molecule has 0 bridgehead atoms. The van der Waals surface area contributed by atoms with Crippen LogP contribution in [0, 0.1) is 5.92 Å². The molecule has 1 aliphatic rings. The van der Waals surface area contributed by atoms with Crippen LogP contribution >= 0.6 is 0 Å². The van der Waals surface area contributed by atoms with Crippen molar-refractivity contribution in [3.63, 3.8) is 0 Å². The van der Waals surface area contributed by atoms with Gasteiger partial charge in [0.15, 0.2) is 0 Å². The molecule has 1 heterocycles. The van der Waals surface area contributed by atoms with Gasteiger partial charge in [-0.15, -0.1) is 13.2 Å². The molecule has 1 fully saturated rings. The molecule has 130 valence electrons. The van der Waals surface area contributed by atoms with Crippen molar-refractivity contribution in [1.82, 2.24) is 0 Å². The Morgan fingerprint density at radius 2 is 1.80 bits per heavy atom. The summed E-state index contributed by atoms with van der Waals surface area (Å²) in [6.07, 6.45) is 7.04. The van der Waals surface area contributed by atoms with Gasteiger partial charge in [0.2, 0.25) is 0 Å². The van der Waals surface area contributed by atoms with Crippen molar-refractivity contribution >= 4 is 0 Å². The number of hydrogen-bond donors (Lipinski definition) is 1. The molecule has 3 rings (SSSR count). The summed E-state index contributed by atoms with van der Waals surface area (Å²) < 4.78 is 5.63. The molecule has 1 aliphatic carbocycles. The number of allylic oxidation sites excluding steroid dienone is 2. The molecule has 3 nitrogen and oxygen atoms in total. The molecule has 0 spiro atoms. The van der Waals surface area contributed by atoms with E-state index in [-0.39, 0.29) is 17.6 Å². The van der Waals surface area contributed by atoms with Gasteiger partial charge >= 0.3 is 5.63 Å². The number of hydrogen-bond acceptors (Lipinski definition) is 3. The first-order valence-electron chi connectivity index (χ1n) is 8.79. The second kappa shape index (κ2) is 7.56. The average Bonchev–Trinajstić information content (AvgIpc) is 3.43. The highest BCUT2D eigenvalue weighted by molar-refractivity contribution is 5.41. The van der Waals surface area contributed by atoms with Crippen molar-refractivity contribution in [3.8, 4) is 5.75 Å². The van der Waals surface area contributed by atoms with Crippen LogP contribution < -0.4 is 5.63 Å². The minimum Gasteiger partial charge on any atom is -0.507 e. The summed E-state index contributed by atoms with van der Waals surface area (Å²) in [5.41, 5.74) is 0.997. The summed E-state index contributed by atoms with van der Waals surface area (Å²) >= 11 is 0. The topological polar surface area (TPSA) is 50.4 Å². The van der Waals surface area contributed by atoms with Crippen LogP contribution in [0.15, 0.2) is 70.9 Å². The molecule has 1 aromatic heterocycles. The van der Waals surface area contributed by atoms with Crippen molar-refractivity contribution in [2.24, 2.45) is 5.92 Å². The Kier molecular flexibility index (Phi) is 5.22. The summed E-state index contributed by atoms with van der Waals surface area (Å²) in [5, 5.41) is 10.7. The maximum atomic E-state index is 12.7. The van der Waals surface area contributed by atoms with Gasteiger partial charge in [-0.3, -0.25) is 0 Å². The molecule has 1 unspecified atom stereocenters. The van der Waals surface area contributed by atoms with Crippen LogP contribution in [-0.2, 0) is 0 Å². The van der Waals surface area contributed by atoms with Crippen LogP contribution in [-0.4, -0.2) is 5.11 Å². The van der Waals surface area contributed by atoms with Crippen molar-refractivity contribution in [2.75, 3.05) is 0 Å². The van der Waals surface area contributed by atoms with E-state index in [9.17, 15) is 9.90 Å². The molecule has 1 saturated carbocycles. The summed E-state index contributed by atoms with van der Waals surface area (Å²) in [6.45, 7) is 7.51. The Hall–Kier alpha value is -2.55. The largest absolute Gasteiger partial charge is 0.507 e. The molecule has 1 atom stereocenters. The zero-order valence-corrected chi connectivity index (χ0v) is 14.4. The maximum absolute atomic E-state index is 12.7. The average molecular weight is 336 g/mol. The molecule has 1 N–H and O–H groups in total. The maximum Gasteiger partial charge on any atom is 0.343 e. The summed E-state index contributed by atoms with van der Waals surface area (Å²) in [7, 11) is 0. The van der Waals surface area contributed by atoms with E-state index in [0.717, 1.165) is 18.4 Å². The molecular weight excluding hydrogens is 312 g/mol. The van der Waals surface area contributed by atoms with Gasteiger partial charge in [-0.2, -0.15) is 0 Å². The van der Waals surface area contributed by atoms with Gasteiger partial charge in [0.05, 0.1) is 5.56 Å². The van der Waals surface area contributed by atoms with Crippen molar-refractivity contribution in [1.29, 1.82) is 0 Å². The smallest absolute Gasteiger partial charge is 0.343 e. The zero-order chi connectivity index (χ0) is 17.8. The van der Waals surface area contributed by atoms with Crippen molar-refractivity contribution < 1.29 is 9.52 Å². The van der Waals surface area contributed by atoms with Crippen LogP contribution in [0.4, 0.5) is 0 Å². The van der Waals surface area contributed by atoms with Crippen LogP contribution in [0.3, 0.4) is 0 Å². The monoisotopic (exact) mass is 336 g/mol. The van der Waals surface area contributed by atoms with E-state index in [0.29, 0.717) is 30.1 Å². The molecule has 3 heteroatoms. The molecule has 0 amide bonds. The predicted molar refractivity (Wildman–Crippen MR) is 100 cm³/mol. The van der Waals surface area contributed by atoms with Crippen LogP contribution in [0.5, 0.6) is 5.75 Å². The molecular formula is C22H24O3. The van der Waals surface area contributed by atoms with Crippen molar-refractivity contribution in [3.05, 3.63) is 89.0 Å². The molecule has 1 aromatic carbocycles. The zero-order valence-electron chi connectivity index (χ0n) is 14.4. The fourth-order valence-electron chi connectivity index (χ4n) is 3.49. The van der Waals surface area contributed by atoms with Gasteiger partial charge in [-0.25, -0.2) is 4.79 Å². The van der Waals surface area contributed by atoms with E-state index in [1.807, 2.05) is 30.3 Å². The second-order valence-corrected chi connectivity index (χ2v) is 6.71. The van der Waals surface area contributed by atoms with E-state index < -0.39 is 5.63 Å². The lowest BCUT2D eigenvalue weighted by molar-refractivity contribution is 0.384. The first-order chi connectivity index (χ1) is 12.2. The van der Waals surface area contributed by atoms with E-state index >= 15 is 0 Å². The second-order valence-electron chi connectivity index (χ2n) is 6.71. The van der Waals surface area contributed by atoms with E-state index in [4.69, 9.17) is 4.42 Å². The fraction of sp³-hybridized carbons (Fsp3) is 0.318. The van der Waals surface area contributed by atoms with Crippen LogP contribution in [0.1, 0.15) is 54.4 Å². The van der Waals surface area contributed by atoms with Crippen LogP contribution in [0.25, 0.3) is 0 Å². The first-order valence-corrected chi connectivity index (χ1v) is 8.79. The molecule has 25 heavy (non-hydrogen) atoms. The standard InChI is InChI=1S/C22H24O3/c1-3-8-15(9-4-2)19-14-18(23)21(22(24)25-19)20(17-12-13-17)16-10-6-5-7-11-16/h3-7,10-11,14-15,17,20,23H,1-2,8-9,12-13H2. The highest BCUT2D eigenvalue weighted by atomic mass is 16.4. The molecule has 0 aliphatic heterocycles. The number of aromatic hydroxyl groups is 1. The summed E-state index contributed by atoms with van der Waals surface area (Å²) in [4.78, 5) is 12.7. The Bertz CT molecular complexity index is 790. The Morgan fingerprint density at radius 3 is 2.32 bits per heavy atom. The number of rotatable bonds is 8. The molecule has 0 radical (unpaired) electrons. The molecule has 2 aromatic rings.